The second-order valence-electron chi connectivity index (χ2n) is 7.27. The minimum Gasteiger partial charge on any atom is -0.337 e. The third-order valence-corrected chi connectivity index (χ3v) is 5.40. The first kappa shape index (κ1) is 17.2. The number of carbonyl (C=O) groups is 1. The predicted octanol–water partition coefficient (Wildman–Crippen LogP) is 1.60. The van der Waals surface area contributed by atoms with Gasteiger partial charge in [0.15, 0.2) is 0 Å². The first-order chi connectivity index (χ1) is 10.4. The SMILES string of the molecule is CC(C)C(C)(C#N)NC(=O)CN1CCN(C2CCCC2)CC1. The molecule has 1 saturated carbocycles. The molecule has 2 rings (SSSR count). The van der Waals surface area contributed by atoms with E-state index < -0.39 is 5.54 Å². The summed E-state index contributed by atoms with van der Waals surface area (Å²) in [5.41, 5.74) is -0.775. The van der Waals surface area contributed by atoms with E-state index in [-0.39, 0.29) is 11.8 Å². The van der Waals surface area contributed by atoms with Crippen molar-refractivity contribution in [3.63, 3.8) is 0 Å². The smallest absolute Gasteiger partial charge is 0.235 e. The Labute approximate surface area is 134 Å². The number of piperazine rings is 1. The highest BCUT2D eigenvalue weighted by atomic mass is 16.2. The lowest BCUT2D eigenvalue weighted by atomic mass is 9.90. The highest BCUT2D eigenvalue weighted by Crippen LogP contribution is 2.24. The van der Waals surface area contributed by atoms with Crippen molar-refractivity contribution < 1.29 is 4.79 Å². The molecule has 1 heterocycles. The van der Waals surface area contributed by atoms with E-state index in [0.717, 1.165) is 32.2 Å². The highest BCUT2D eigenvalue weighted by Gasteiger charge is 2.31. The fourth-order valence-electron chi connectivity index (χ4n) is 3.39. The molecule has 0 aromatic rings. The molecule has 0 aromatic heterocycles. The van der Waals surface area contributed by atoms with Crippen LogP contribution in [0.5, 0.6) is 0 Å². The number of carbonyl (C=O) groups excluding carboxylic acids is 1. The average Bonchev–Trinajstić information content (AvgIpc) is 3.01. The molecule has 0 aromatic carbocycles. The highest BCUT2D eigenvalue weighted by molar-refractivity contribution is 5.79. The van der Waals surface area contributed by atoms with Gasteiger partial charge < -0.3 is 5.32 Å². The monoisotopic (exact) mass is 306 g/mol. The van der Waals surface area contributed by atoms with Gasteiger partial charge in [-0.2, -0.15) is 5.26 Å². The lowest BCUT2D eigenvalue weighted by Gasteiger charge is -2.38. The molecule has 22 heavy (non-hydrogen) atoms. The van der Waals surface area contributed by atoms with Crippen molar-refractivity contribution in [2.45, 2.75) is 58.0 Å². The van der Waals surface area contributed by atoms with Crippen LogP contribution in [0.3, 0.4) is 0 Å². The third kappa shape index (κ3) is 4.21. The standard InChI is InChI=1S/C17H30N4O/c1-14(2)17(3,13-18)19-16(22)12-20-8-10-21(11-9-20)15-6-4-5-7-15/h14-15H,4-12H2,1-3H3,(H,19,22). The molecule has 2 fully saturated rings. The van der Waals surface area contributed by atoms with Gasteiger partial charge in [-0.05, 0) is 25.7 Å². The zero-order valence-corrected chi connectivity index (χ0v) is 14.3. The lowest BCUT2D eigenvalue weighted by molar-refractivity contribution is -0.124. The average molecular weight is 306 g/mol. The van der Waals surface area contributed by atoms with E-state index in [2.05, 4.69) is 21.2 Å². The van der Waals surface area contributed by atoms with Crippen molar-refractivity contribution in [3.05, 3.63) is 0 Å². The van der Waals surface area contributed by atoms with E-state index in [1.165, 1.54) is 25.7 Å². The molecule has 5 heteroatoms. The molecular weight excluding hydrogens is 276 g/mol. The van der Waals surface area contributed by atoms with Crippen molar-refractivity contribution in [2.24, 2.45) is 5.92 Å². The molecule has 1 aliphatic carbocycles. The van der Waals surface area contributed by atoms with Crippen molar-refractivity contribution in [3.8, 4) is 6.07 Å². The first-order valence-electron chi connectivity index (χ1n) is 8.63. The Morgan fingerprint density at radius 2 is 1.86 bits per heavy atom. The maximum absolute atomic E-state index is 12.2. The number of amides is 1. The molecule has 5 nitrogen and oxygen atoms in total. The Morgan fingerprint density at radius 3 is 2.36 bits per heavy atom. The summed E-state index contributed by atoms with van der Waals surface area (Å²) in [7, 11) is 0. The van der Waals surface area contributed by atoms with E-state index in [4.69, 9.17) is 0 Å². The lowest BCUT2D eigenvalue weighted by Crippen LogP contribution is -2.55. The molecular formula is C17H30N4O. The number of nitrogens with one attached hydrogen (secondary N) is 1. The molecule has 1 N–H and O–H groups in total. The maximum atomic E-state index is 12.2. The van der Waals surface area contributed by atoms with Crippen LogP contribution in [-0.4, -0.2) is 60.0 Å². The summed E-state index contributed by atoms with van der Waals surface area (Å²) < 4.78 is 0. The summed E-state index contributed by atoms with van der Waals surface area (Å²) >= 11 is 0. The topological polar surface area (TPSA) is 59.4 Å². The summed E-state index contributed by atoms with van der Waals surface area (Å²) in [5, 5.41) is 12.2. The minimum absolute atomic E-state index is 0.0351. The fourth-order valence-corrected chi connectivity index (χ4v) is 3.39. The predicted molar refractivity (Wildman–Crippen MR) is 87.3 cm³/mol. The number of nitriles is 1. The van der Waals surface area contributed by atoms with Gasteiger partial charge >= 0.3 is 0 Å². The second kappa shape index (κ2) is 7.43. The van der Waals surface area contributed by atoms with Crippen LogP contribution in [0.25, 0.3) is 0 Å². The number of hydrogen-bond donors (Lipinski definition) is 1. The molecule has 0 radical (unpaired) electrons. The molecule has 0 bridgehead atoms. The molecule has 124 valence electrons. The van der Waals surface area contributed by atoms with Crippen LogP contribution < -0.4 is 5.32 Å². The van der Waals surface area contributed by atoms with E-state index in [9.17, 15) is 10.1 Å². The quantitative estimate of drug-likeness (QED) is 0.838. The van der Waals surface area contributed by atoms with E-state index in [0.29, 0.717) is 6.54 Å². The van der Waals surface area contributed by atoms with E-state index in [1.807, 2.05) is 13.8 Å². The molecule has 1 amide bonds. The Morgan fingerprint density at radius 1 is 1.27 bits per heavy atom. The van der Waals surface area contributed by atoms with Crippen LogP contribution in [-0.2, 0) is 4.79 Å². The molecule has 1 aliphatic heterocycles. The van der Waals surface area contributed by atoms with Gasteiger partial charge in [0.1, 0.15) is 5.54 Å². The van der Waals surface area contributed by atoms with Crippen molar-refractivity contribution >= 4 is 5.91 Å². The summed E-state index contributed by atoms with van der Waals surface area (Å²) in [4.78, 5) is 17.0. The van der Waals surface area contributed by atoms with Gasteiger partial charge in [0.25, 0.3) is 0 Å². The molecule has 1 unspecified atom stereocenters. The van der Waals surface area contributed by atoms with Crippen LogP contribution in [0.15, 0.2) is 0 Å². The van der Waals surface area contributed by atoms with Gasteiger partial charge in [-0.25, -0.2) is 0 Å². The fraction of sp³-hybridized carbons (Fsp3) is 0.882. The van der Waals surface area contributed by atoms with Gasteiger partial charge in [-0.3, -0.25) is 14.6 Å². The first-order valence-corrected chi connectivity index (χ1v) is 8.63. The molecule has 2 aliphatic rings. The van der Waals surface area contributed by atoms with Gasteiger partial charge in [0.2, 0.25) is 5.91 Å². The summed E-state index contributed by atoms with van der Waals surface area (Å²) in [6.07, 6.45) is 5.43. The molecule has 1 atom stereocenters. The third-order valence-electron chi connectivity index (χ3n) is 5.40. The zero-order chi connectivity index (χ0) is 16.2. The van der Waals surface area contributed by atoms with Crippen LogP contribution in [0, 0.1) is 17.2 Å². The minimum atomic E-state index is -0.775. The Bertz CT molecular complexity index is 417. The van der Waals surface area contributed by atoms with Gasteiger partial charge in [0.05, 0.1) is 12.6 Å². The molecule has 1 saturated heterocycles. The Hall–Kier alpha value is -1.12. The summed E-state index contributed by atoms with van der Waals surface area (Å²) in [5.74, 6) is 0.0627. The van der Waals surface area contributed by atoms with E-state index >= 15 is 0 Å². The van der Waals surface area contributed by atoms with Crippen LogP contribution in [0.2, 0.25) is 0 Å². The van der Waals surface area contributed by atoms with Gasteiger partial charge in [0, 0.05) is 32.2 Å². The largest absolute Gasteiger partial charge is 0.337 e. The number of rotatable bonds is 5. The van der Waals surface area contributed by atoms with Crippen molar-refractivity contribution in [1.82, 2.24) is 15.1 Å². The second-order valence-corrected chi connectivity index (χ2v) is 7.27. The molecule has 0 spiro atoms. The van der Waals surface area contributed by atoms with Crippen LogP contribution in [0.1, 0.15) is 46.5 Å². The van der Waals surface area contributed by atoms with Crippen molar-refractivity contribution in [1.29, 1.82) is 5.26 Å². The maximum Gasteiger partial charge on any atom is 0.235 e. The van der Waals surface area contributed by atoms with Crippen molar-refractivity contribution in [2.75, 3.05) is 32.7 Å². The van der Waals surface area contributed by atoms with Crippen LogP contribution in [0.4, 0.5) is 0 Å². The summed E-state index contributed by atoms with van der Waals surface area (Å²) in [6, 6.07) is 3.01. The van der Waals surface area contributed by atoms with Gasteiger partial charge in [-0.15, -0.1) is 0 Å². The van der Waals surface area contributed by atoms with Gasteiger partial charge in [-0.1, -0.05) is 26.7 Å². The Balaban J connectivity index is 1.76. The van der Waals surface area contributed by atoms with E-state index in [1.54, 1.807) is 6.92 Å². The summed E-state index contributed by atoms with van der Waals surface area (Å²) in [6.45, 7) is 10.2. The normalized spacial score (nSPS) is 24.1. The number of hydrogen-bond acceptors (Lipinski definition) is 4. The number of nitrogens with zero attached hydrogens (tertiary/aromatic N) is 3. The zero-order valence-electron chi connectivity index (χ0n) is 14.3. The van der Waals surface area contributed by atoms with Crippen LogP contribution >= 0.6 is 0 Å². The Kier molecular flexibility index (Phi) is 5.82.